The van der Waals surface area contributed by atoms with E-state index in [1.54, 1.807) is 0 Å². The van der Waals surface area contributed by atoms with Crippen molar-refractivity contribution in [2.24, 2.45) is 0 Å². The standard InChI is InChI=1S/C27H33N5O/c1-2-30-16-18-32(19-17-30)27(33)23-8-6-21(7-9-23)25-20-26(29-28-25)22-10-12-24(13-11-22)31-14-4-3-5-15-31/h6-13,20H,2-5,14-19H2,1H3,(H,28,29). The minimum absolute atomic E-state index is 0.122. The van der Waals surface area contributed by atoms with Gasteiger partial charge in [-0.15, -0.1) is 0 Å². The summed E-state index contributed by atoms with van der Waals surface area (Å²) >= 11 is 0. The van der Waals surface area contributed by atoms with E-state index < -0.39 is 0 Å². The molecule has 1 amide bonds. The van der Waals surface area contributed by atoms with Gasteiger partial charge in [0.05, 0.1) is 11.4 Å². The van der Waals surface area contributed by atoms with Crippen LogP contribution >= 0.6 is 0 Å². The summed E-state index contributed by atoms with van der Waals surface area (Å²) in [5, 5.41) is 7.69. The third-order valence-electron chi connectivity index (χ3n) is 7.01. The van der Waals surface area contributed by atoms with Gasteiger partial charge < -0.3 is 14.7 Å². The molecule has 1 aromatic heterocycles. The highest BCUT2D eigenvalue weighted by Crippen LogP contribution is 2.27. The van der Waals surface area contributed by atoms with E-state index in [1.807, 2.05) is 29.2 Å². The maximum Gasteiger partial charge on any atom is 0.253 e. The minimum atomic E-state index is 0.122. The molecule has 0 unspecified atom stereocenters. The van der Waals surface area contributed by atoms with Crippen LogP contribution in [0, 0.1) is 0 Å². The van der Waals surface area contributed by atoms with Crippen LogP contribution in [0.3, 0.4) is 0 Å². The molecular formula is C27H33N5O. The zero-order valence-electron chi connectivity index (χ0n) is 19.5. The molecule has 2 fully saturated rings. The minimum Gasteiger partial charge on any atom is -0.372 e. The fourth-order valence-electron chi connectivity index (χ4n) is 4.85. The first-order valence-electron chi connectivity index (χ1n) is 12.2. The predicted octanol–water partition coefficient (Wildman–Crippen LogP) is 4.51. The molecule has 5 rings (SSSR count). The van der Waals surface area contributed by atoms with E-state index >= 15 is 0 Å². The highest BCUT2D eigenvalue weighted by Gasteiger charge is 2.21. The van der Waals surface area contributed by atoms with Crippen molar-refractivity contribution in [2.75, 3.05) is 50.7 Å². The van der Waals surface area contributed by atoms with Gasteiger partial charge in [0.15, 0.2) is 0 Å². The number of carbonyl (C=O) groups excluding carboxylic acids is 1. The average molecular weight is 444 g/mol. The molecule has 2 saturated heterocycles. The van der Waals surface area contributed by atoms with Crippen LogP contribution in [0.1, 0.15) is 36.5 Å². The van der Waals surface area contributed by atoms with Crippen molar-refractivity contribution in [1.29, 1.82) is 0 Å². The second-order valence-electron chi connectivity index (χ2n) is 9.07. The van der Waals surface area contributed by atoms with Gasteiger partial charge in [-0.1, -0.05) is 31.2 Å². The van der Waals surface area contributed by atoms with E-state index in [-0.39, 0.29) is 5.91 Å². The fraction of sp³-hybridized carbons (Fsp3) is 0.407. The number of aromatic amines is 1. The number of aromatic nitrogens is 2. The number of H-pyrrole nitrogens is 1. The molecule has 0 spiro atoms. The number of hydrogen-bond donors (Lipinski definition) is 1. The molecule has 6 heteroatoms. The van der Waals surface area contributed by atoms with Crippen molar-refractivity contribution < 1.29 is 4.79 Å². The van der Waals surface area contributed by atoms with Crippen LogP contribution in [0.15, 0.2) is 54.6 Å². The Bertz CT molecular complexity index is 1060. The summed E-state index contributed by atoms with van der Waals surface area (Å²) in [6.45, 7) is 9.03. The molecule has 0 aliphatic carbocycles. The molecule has 0 atom stereocenters. The zero-order valence-corrected chi connectivity index (χ0v) is 19.5. The first kappa shape index (κ1) is 21.7. The van der Waals surface area contributed by atoms with Crippen LogP contribution in [0.2, 0.25) is 0 Å². The van der Waals surface area contributed by atoms with Crippen LogP contribution in [0.5, 0.6) is 0 Å². The number of likely N-dealkylation sites (N-methyl/N-ethyl adjacent to an activating group) is 1. The van der Waals surface area contributed by atoms with Gasteiger partial charge in [-0.05, 0) is 61.7 Å². The van der Waals surface area contributed by atoms with Crippen LogP contribution in [-0.4, -0.2) is 71.7 Å². The maximum absolute atomic E-state index is 12.9. The lowest BCUT2D eigenvalue weighted by atomic mass is 10.1. The molecule has 33 heavy (non-hydrogen) atoms. The summed E-state index contributed by atoms with van der Waals surface area (Å²) in [6.07, 6.45) is 3.91. The van der Waals surface area contributed by atoms with Gasteiger partial charge in [-0.2, -0.15) is 5.10 Å². The van der Waals surface area contributed by atoms with Crippen LogP contribution in [-0.2, 0) is 0 Å². The second kappa shape index (κ2) is 9.79. The van der Waals surface area contributed by atoms with Crippen LogP contribution in [0.4, 0.5) is 5.69 Å². The Hall–Kier alpha value is -3.12. The molecule has 2 aromatic carbocycles. The molecule has 2 aliphatic rings. The molecule has 0 saturated carbocycles. The van der Waals surface area contributed by atoms with E-state index in [4.69, 9.17) is 0 Å². The Morgan fingerprint density at radius 2 is 1.52 bits per heavy atom. The Morgan fingerprint density at radius 3 is 2.18 bits per heavy atom. The Balaban J connectivity index is 1.25. The molecule has 0 radical (unpaired) electrons. The number of piperazine rings is 1. The topological polar surface area (TPSA) is 55.5 Å². The quantitative estimate of drug-likeness (QED) is 0.630. The highest BCUT2D eigenvalue weighted by atomic mass is 16.2. The van der Waals surface area contributed by atoms with Crippen LogP contribution < -0.4 is 4.90 Å². The van der Waals surface area contributed by atoms with E-state index in [2.05, 4.69) is 57.3 Å². The van der Waals surface area contributed by atoms with Crippen molar-refractivity contribution in [1.82, 2.24) is 20.0 Å². The molecule has 1 N–H and O–H groups in total. The van der Waals surface area contributed by atoms with E-state index in [1.165, 1.54) is 24.9 Å². The molecule has 3 aromatic rings. The van der Waals surface area contributed by atoms with Crippen molar-refractivity contribution in [3.8, 4) is 22.5 Å². The largest absolute Gasteiger partial charge is 0.372 e. The average Bonchev–Trinajstić information content (AvgIpc) is 3.39. The molecular weight excluding hydrogens is 410 g/mol. The van der Waals surface area contributed by atoms with Gasteiger partial charge in [-0.25, -0.2) is 0 Å². The summed E-state index contributed by atoms with van der Waals surface area (Å²) in [5.74, 6) is 0.122. The van der Waals surface area contributed by atoms with E-state index in [0.717, 1.165) is 73.9 Å². The molecule has 3 heterocycles. The highest BCUT2D eigenvalue weighted by molar-refractivity contribution is 5.94. The summed E-state index contributed by atoms with van der Waals surface area (Å²) in [4.78, 5) is 19.7. The Morgan fingerprint density at radius 1 is 0.848 bits per heavy atom. The van der Waals surface area contributed by atoms with Crippen molar-refractivity contribution in [3.05, 3.63) is 60.2 Å². The van der Waals surface area contributed by atoms with Gasteiger partial charge >= 0.3 is 0 Å². The number of carbonyl (C=O) groups is 1. The van der Waals surface area contributed by atoms with Gasteiger partial charge in [0.25, 0.3) is 5.91 Å². The second-order valence-corrected chi connectivity index (χ2v) is 9.07. The third-order valence-corrected chi connectivity index (χ3v) is 7.01. The number of anilines is 1. The lowest BCUT2D eigenvalue weighted by Crippen LogP contribution is -2.48. The third kappa shape index (κ3) is 4.81. The number of amides is 1. The fourth-order valence-corrected chi connectivity index (χ4v) is 4.85. The molecule has 6 nitrogen and oxygen atoms in total. The first-order chi connectivity index (χ1) is 16.2. The number of piperidine rings is 1. The van der Waals surface area contributed by atoms with Crippen molar-refractivity contribution >= 4 is 11.6 Å². The molecule has 0 bridgehead atoms. The zero-order chi connectivity index (χ0) is 22.6. The maximum atomic E-state index is 12.9. The van der Waals surface area contributed by atoms with Crippen molar-refractivity contribution in [2.45, 2.75) is 26.2 Å². The van der Waals surface area contributed by atoms with Gasteiger partial charge in [-0.3, -0.25) is 9.89 Å². The van der Waals surface area contributed by atoms with E-state index in [9.17, 15) is 4.79 Å². The first-order valence-corrected chi connectivity index (χ1v) is 12.2. The van der Waals surface area contributed by atoms with E-state index in [0.29, 0.717) is 0 Å². The summed E-state index contributed by atoms with van der Waals surface area (Å²) < 4.78 is 0. The summed E-state index contributed by atoms with van der Waals surface area (Å²) in [7, 11) is 0. The summed E-state index contributed by atoms with van der Waals surface area (Å²) in [5.41, 5.74) is 6.08. The van der Waals surface area contributed by atoms with Gasteiger partial charge in [0.1, 0.15) is 0 Å². The Labute approximate surface area is 196 Å². The predicted molar refractivity (Wildman–Crippen MR) is 134 cm³/mol. The van der Waals surface area contributed by atoms with Crippen LogP contribution in [0.25, 0.3) is 22.5 Å². The van der Waals surface area contributed by atoms with Gasteiger partial charge in [0, 0.05) is 56.1 Å². The lowest BCUT2D eigenvalue weighted by Gasteiger charge is -2.34. The number of rotatable bonds is 5. The normalized spacial score (nSPS) is 17.4. The number of nitrogens with zero attached hydrogens (tertiary/aromatic N) is 4. The smallest absolute Gasteiger partial charge is 0.253 e. The number of hydrogen-bond acceptors (Lipinski definition) is 4. The Kier molecular flexibility index (Phi) is 6.44. The molecule has 2 aliphatic heterocycles. The SMILES string of the molecule is CCN1CCN(C(=O)c2ccc(-c3cc(-c4ccc(N5CCCCC5)cc4)n[nH]3)cc2)CC1. The number of nitrogens with one attached hydrogen (secondary N) is 1. The monoisotopic (exact) mass is 443 g/mol. The van der Waals surface area contributed by atoms with Crippen molar-refractivity contribution in [3.63, 3.8) is 0 Å². The number of benzene rings is 2. The molecule has 172 valence electrons. The van der Waals surface area contributed by atoms with Gasteiger partial charge in [0.2, 0.25) is 0 Å². The summed E-state index contributed by atoms with van der Waals surface area (Å²) in [6, 6.07) is 18.7. The lowest BCUT2D eigenvalue weighted by molar-refractivity contribution is 0.0643.